The molecule has 0 unspecified atom stereocenters. The molecule has 0 spiro atoms. The number of nitrogens with one attached hydrogen (secondary N) is 2. The lowest BCUT2D eigenvalue weighted by molar-refractivity contribution is 0.0878. The highest BCUT2D eigenvalue weighted by atomic mass is 16.2. The van der Waals surface area contributed by atoms with E-state index in [1.165, 1.54) is 13.0 Å². The van der Waals surface area contributed by atoms with Gasteiger partial charge in [0.05, 0.1) is 16.8 Å². The summed E-state index contributed by atoms with van der Waals surface area (Å²) in [7, 11) is 0. The van der Waals surface area contributed by atoms with E-state index in [1.807, 2.05) is 0 Å². The fraction of sp³-hybridized carbons (Fsp3) is 0.0455. The number of hydrogen-bond donors (Lipinski definition) is 3. The number of rotatable bonds is 4. The molecule has 4 N–H and O–H groups in total. The third-order valence-corrected chi connectivity index (χ3v) is 4.85. The van der Waals surface area contributed by atoms with E-state index < -0.39 is 23.3 Å². The summed E-state index contributed by atoms with van der Waals surface area (Å²) in [5, 5.41) is 4.80. The Kier molecular flexibility index (Phi) is 4.70. The highest BCUT2D eigenvalue weighted by Crippen LogP contribution is 2.23. The standard InChI is InChI=1S/C22H16N4O5/c1-11(27)12-4-2-6-14(8-12)24-20(29)13-5-3-7-15(9-13)26-17(28)10-16-18(19(26)23)22(31)25-21(16)30/h2-10H,23H2,1H3,(H,24,29)(H,25,30,31). The van der Waals surface area contributed by atoms with Gasteiger partial charge >= 0.3 is 0 Å². The highest BCUT2D eigenvalue weighted by Gasteiger charge is 2.31. The van der Waals surface area contributed by atoms with Gasteiger partial charge in [-0.05, 0) is 37.3 Å². The molecule has 31 heavy (non-hydrogen) atoms. The van der Waals surface area contributed by atoms with Crippen LogP contribution in [0.25, 0.3) is 5.69 Å². The van der Waals surface area contributed by atoms with Gasteiger partial charge < -0.3 is 11.1 Å². The number of nitrogens with two attached hydrogens (primary N) is 1. The van der Waals surface area contributed by atoms with Crippen molar-refractivity contribution in [2.24, 2.45) is 0 Å². The summed E-state index contributed by atoms with van der Waals surface area (Å²) in [6.07, 6.45) is 0. The third kappa shape index (κ3) is 3.48. The maximum absolute atomic E-state index is 12.7. The van der Waals surface area contributed by atoms with Gasteiger partial charge in [0.25, 0.3) is 23.3 Å². The monoisotopic (exact) mass is 416 g/mol. The topological polar surface area (TPSA) is 140 Å². The van der Waals surface area contributed by atoms with Gasteiger partial charge in [-0.1, -0.05) is 18.2 Å². The van der Waals surface area contributed by atoms with Crippen LogP contribution in [0.3, 0.4) is 0 Å². The molecule has 0 atom stereocenters. The summed E-state index contributed by atoms with van der Waals surface area (Å²) < 4.78 is 1.06. The average molecular weight is 416 g/mol. The second-order valence-corrected chi connectivity index (χ2v) is 6.92. The van der Waals surface area contributed by atoms with E-state index >= 15 is 0 Å². The number of fused-ring (bicyclic) bond motifs is 1. The Morgan fingerprint density at radius 1 is 0.935 bits per heavy atom. The number of carbonyl (C=O) groups is 4. The Hall–Kier alpha value is -4.53. The molecule has 4 rings (SSSR count). The number of benzene rings is 2. The quantitative estimate of drug-likeness (QED) is 0.437. The van der Waals surface area contributed by atoms with Crippen molar-refractivity contribution < 1.29 is 19.2 Å². The van der Waals surface area contributed by atoms with Gasteiger partial charge in [-0.3, -0.25) is 33.9 Å². The fourth-order valence-electron chi connectivity index (χ4n) is 3.35. The maximum Gasteiger partial charge on any atom is 0.262 e. The molecule has 0 aliphatic carbocycles. The zero-order valence-electron chi connectivity index (χ0n) is 16.3. The van der Waals surface area contributed by atoms with Crippen LogP contribution < -0.4 is 21.9 Å². The molecule has 9 nitrogen and oxygen atoms in total. The van der Waals surface area contributed by atoms with Gasteiger partial charge in [-0.25, -0.2) is 0 Å². The molecule has 0 saturated heterocycles. The molecule has 0 fully saturated rings. The van der Waals surface area contributed by atoms with Crippen LogP contribution in [0.2, 0.25) is 0 Å². The fourth-order valence-corrected chi connectivity index (χ4v) is 3.35. The number of hydrogen-bond acceptors (Lipinski definition) is 6. The van der Waals surface area contributed by atoms with Gasteiger partial charge in [0.1, 0.15) is 5.82 Å². The summed E-state index contributed by atoms with van der Waals surface area (Å²) >= 11 is 0. The number of anilines is 2. The Bertz CT molecular complexity index is 1360. The number of aromatic nitrogens is 1. The summed E-state index contributed by atoms with van der Waals surface area (Å²) in [6, 6.07) is 13.6. The number of Topliss-reactive ketones (excluding diaryl/α,β-unsaturated/α-hetero) is 1. The number of nitrogens with zero attached hydrogens (tertiary/aromatic N) is 1. The Morgan fingerprint density at radius 3 is 2.39 bits per heavy atom. The summed E-state index contributed by atoms with van der Waals surface area (Å²) in [6.45, 7) is 1.43. The first-order valence-corrected chi connectivity index (χ1v) is 9.20. The van der Waals surface area contributed by atoms with Crippen molar-refractivity contribution in [1.29, 1.82) is 0 Å². The molecular weight excluding hydrogens is 400 g/mol. The Morgan fingerprint density at radius 2 is 1.65 bits per heavy atom. The number of imide groups is 1. The van der Waals surface area contributed by atoms with Crippen LogP contribution in [0.1, 0.15) is 48.4 Å². The minimum atomic E-state index is -0.689. The van der Waals surface area contributed by atoms with Gasteiger partial charge in [-0.15, -0.1) is 0 Å². The maximum atomic E-state index is 12.7. The molecule has 2 aromatic carbocycles. The molecule has 1 aromatic heterocycles. The SMILES string of the molecule is CC(=O)c1cccc(NC(=O)c2cccc(-n3c(N)c4c(cc3=O)C(=O)NC4=O)c2)c1. The lowest BCUT2D eigenvalue weighted by atomic mass is 10.1. The molecule has 3 aromatic rings. The Balaban J connectivity index is 1.71. The molecular formula is C22H16N4O5. The minimum absolute atomic E-state index is 0.0806. The lowest BCUT2D eigenvalue weighted by Crippen LogP contribution is -2.24. The van der Waals surface area contributed by atoms with Gasteiger partial charge in [0.2, 0.25) is 0 Å². The van der Waals surface area contributed by atoms with Crippen LogP contribution in [-0.4, -0.2) is 28.1 Å². The zero-order valence-corrected chi connectivity index (χ0v) is 16.3. The zero-order chi connectivity index (χ0) is 22.3. The van der Waals surface area contributed by atoms with Crippen LogP contribution >= 0.6 is 0 Å². The summed E-state index contributed by atoms with van der Waals surface area (Å²) in [5.41, 5.74) is 6.62. The van der Waals surface area contributed by atoms with Crippen LogP contribution in [0.15, 0.2) is 59.4 Å². The van der Waals surface area contributed by atoms with Gasteiger partial charge in [0, 0.05) is 22.9 Å². The molecule has 0 bridgehead atoms. The average Bonchev–Trinajstić information content (AvgIpc) is 3.01. The number of amides is 3. The van der Waals surface area contributed by atoms with Crippen molar-refractivity contribution in [1.82, 2.24) is 9.88 Å². The Labute approximate surface area is 175 Å². The number of carbonyl (C=O) groups excluding carboxylic acids is 4. The predicted molar refractivity (Wildman–Crippen MR) is 113 cm³/mol. The summed E-state index contributed by atoms with van der Waals surface area (Å²) in [4.78, 5) is 60.7. The minimum Gasteiger partial charge on any atom is -0.384 e. The van der Waals surface area contributed by atoms with Crippen LogP contribution in [0.5, 0.6) is 0 Å². The second-order valence-electron chi connectivity index (χ2n) is 6.92. The van der Waals surface area contributed by atoms with E-state index in [-0.39, 0.29) is 34.0 Å². The van der Waals surface area contributed by atoms with E-state index in [9.17, 15) is 24.0 Å². The lowest BCUT2D eigenvalue weighted by Gasteiger charge is -2.13. The summed E-state index contributed by atoms with van der Waals surface area (Å²) in [5.74, 6) is -2.17. The number of nitrogen functional groups attached to an aromatic ring is 1. The van der Waals surface area contributed by atoms with Crippen molar-refractivity contribution in [2.75, 3.05) is 11.1 Å². The van der Waals surface area contributed by atoms with Crippen molar-refractivity contribution in [3.63, 3.8) is 0 Å². The number of ketones is 1. The third-order valence-electron chi connectivity index (χ3n) is 4.85. The van der Waals surface area contributed by atoms with Crippen molar-refractivity contribution in [3.05, 3.63) is 87.2 Å². The van der Waals surface area contributed by atoms with Crippen LogP contribution in [-0.2, 0) is 0 Å². The molecule has 154 valence electrons. The number of pyridine rings is 1. The first-order valence-electron chi connectivity index (χ1n) is 9.20. The normalized spacial score (nSPS) is 12.3. The van der Waals surface area contributed by atoms with Crippen LogP contribution in [0, 0.1) is 0 Å². The van der Waals surface area contributed by atoms with E-state index in [0.29, 0.717) is 11.3 Å². The van der Waals surface area contributed by atoms with Crippen molar-refractivity contribution >= 4 is 35.0 Å². The molecule has 9 heteroatoms. The largest absolute Gasteiger partial charge is 0.384 e. The molecule has 2 heterocycles. The van der Waals surface area contributed by atoms with E-state index in [2.05, 4.69) is 10.6 Å². The van der Waals surface area contributed by atoms with Crippen LogP contribution in [0.4, 0.5) is 11.5 Å². The van der Waals surface area contributed by atoms with Crippen molar-refractivity contribution in [3.8, 4) is 5.69 Å². The first kappa shape index (κ1) is 19.8. The first-order chi connectivity index (χ1) is 14.8. The molecule has 3 amide bonds. The second kappa shape index (κ2) is 7.38. The molecule has 1 aliphatic heterocycles. The molecule has 0 radical (unpaired) electrons. The van der Waals surface area contributed by atoms with Crippen molar-refractivity contribution in [2.45, 2.75) is 6.92 Å². The van der Waals surface area contributed by atoms with Gasteiger partial charge in [-0.2, -0.15) is 0 Å². The van der Waals surface area contributed by atoms with E-state index in [1.54, 1.807) is 42.5 Å². The van der Waals surface area contributed by atoms with Gasteiger partial charge in [0.15, 0.2) is 5.78 Å². The highest BCUT2D eigenvalue weighted by molar-refractivity contribution is 6.23. The molecule has 0 saturated carbocycles. The predicted octanol–water partition coefficient (Wildman–Crippen LogP) is 1.76. The van der Waals surface area contributed by atoms with E-state index in [0.717, 1.165) is 10.6 Å². The van der Waals surface area contributed by atoms with E-state index in [4.69, 9.17) is 5.73 Å². The smallest absolute Gasteiger partial charge is 0.262 e. The molecule has 1 aliphatic rings.